The van der Waals surface area contributed by atoms with Crippen molar-refractivity contribution in [2.75, 3.05) is 0 Å². The Morgan fingerprint density at radius 3 is 2.35 bits per heavy atom. The molecule has 0 aromatic heterocycles. The minimum Gasteiger partial charge on any atom is -0.512 e. The van der Waals surface area contributed by atoms with E-state index in [1.54, 1.807) is 13.8 Å². The van der Waals surface area contributed by atoms with Crippen LogP contribution in [0.15, 0.2) is 47.4 Å². The minimum absolute atomic E-state index is 0.0214. The lowest BCUT2D eigenvalue weighted by atomic mass is 10.1. The molecule has 3 nitrogen and oxygen atoms in total. The third-order valence-electron chi connectivity index (χ3n) is 2.04. The van der Waals surface area contributed by atoms with E-state index < -0.39 is 0 Å². The van der Waals surface area contributed by atoms with Gasteiger partial charge in [-0.1, -0.05) is 25.7 Å². The second kappa shape index (κ2) is 7.49. The van der Waals surface area contributed by atoms with Crippen molar-refractivity contribution in [2.24, 2.45) is 0 Å². The maximum atomic E-state index is 11.8. The molecule has 0 spiro atoms. The first kappa shape index (κ1) is 15.2. The number of rotatable bonds is 5. The summed E-state index contributed by atoms with van der Waals surface area (Å²) in [6, 6.07) is 0. The number of aliphatic hydroxyl groups excluding tert-OH is 1. The minimum atomic E-state index is -0.337. The van der Waals surface area contributed by atoms with Crippen LogP contribution in [0, 0.1) is 0 Å². The summed E-state index contributed by atoms with van der Waals surface area (Å²) in [5.41, 5.74) is 1.50. The van der Waals surface area contributed by atoms with Gasteiger partial charge in [-0.2, -0.15) is 0 Å². The van der Waals surface area contributed by atoms with Crippen molar-refractivity contribution in [1.29, 1.82) is 0 Å². The van der Waals surface area contributed by atoms with Crippen molar-refractivity contribution in [3.05, 3.63) is 47.4 Å². The summed E-state index contributed by atoms with van der Waals surface area (Å²) in [6.07, 6.45) is 6.63. The van der Waals surface area contributed by atoms with Gasteiger partial charge in [0.05, 0.1) is 5.57 Å². The molecule has 0 aromatic carbocycles. The molecule has 0 radical (unpaired) electrons. The van der Waals surface area contributed by atoms with Crippen molar-refractivity contribution in [3.63, 3.8) is 0 Å². The molecule has 0 fully saturated rings. The van der Waals surface area contributed by atoms with E-state index >= 15 is 0 Å². The predicted octanol–water partition coefficient (Wildman–Crippen LogP) is 3.38. The fraction of sp³-hybridized carbons (Fsp3) is 0.357. The Kier molecular flexibility index (Phi) is 6.71. The van der Waals surface area contributed by atoms with Gasteiger partial charge in [-0.3, -0.25) is 4.79 Å². The molecule has 0 aliphatic heterocycles. The Balaban J connectivity index is 4.76. The van der Waals surface area contributed by atoms with Crippen LogP contribution in [0.25, 0.3) is 0 Å². The first-order chi connectivity index (χ1) is 7.90. The summed E-state index contributed by atoms with van der Waals surface area (Å²) in [6.45, 7) is 10.7. The highest BCUT2D eigenvalue weighted by Gasteiger charge is 2.13. The monoisotopic (exact) mass is 235 g/mol. The van der Waals surface area contributed by atoms with Gasteiger partial charge in [-0.25, -0.2) is 0 Å². The standard InChI is InChI=1S/C14H21NO2/c1-6-7-8-9-11(4)15-14(17)13(10(2)3)12(5)16/h7-9,16H,2,6H2,1,3-5H3,(H,15,17)/b8-7-,11-9+,13-12+. The molecule has 0 atom stereocenters. The zero-order valence-corrected chi connectivity index (χ0v) is 11.0. The predicted molar refractivity (Wildman–Crippen MR) is 71.5 cm³/mol. The molecule has 0 heterocycles. The van der Waals surface area contributed by atoms with Crippen LogP contribution in [0.3, 0.4) is 0 Å². The van der Waals surface area contributed by atoms with Crippen molar-refractivity contribution < 1.29 is 9.90 Å². The smallest absolute Gasteiger partial charge is 0.259 e. The molecule has 3 heteroatoms. The third kappa shape index (κ3) is 5.76. The molecule has 0 unspecified atom stereocenters. The normalized spacial score (nSPS) is 13.5. The Hall–Kier alpha value is -1.77. The molecular formula is C14H21NO2. The number of aliphatic hydroxyl groups is 1. The highest BCUT2D eigenvalue weighted by Crippen LogP contribution is 2.11. The van der Waals surface area contributed by atoms with Gasteiger partial charge in [-0.05, 0) is 38.8 Å². The van der Waals surface area contributed by atoms with E-state index in [2.05, 4.69) is 11.9 Å². The Morgan fingerprint density at radius 2 is 1.94 bits per heavy atom. The van der Waals surface area contributed by atoms with E-state index in [-0.39, 0.29) is 17.2 Å². The maximum Gasteiger partial charge on any atom is 0.259 e. The SMILES string of the molecule is C=C(C)/C(C(=O)N/C(C)=C/C=C\CC)=C(/C)O. The third-order valence-corrected chi connectivity index (χ3v) is 2.04. The second-order valence-electron chi connectivity index (χ2n) is 3.88. The molecule has 0 saturated carbocycles. The molecule has 0 bridgehead atoms. The molecule has 2 N–H and O–H groups in total. The number of amides is 1. The molecular weight excluding hydrogens is 214 g/mol. The van der Waals surface area contributed by atoms with E-state index in [4.69, 9.17) is 0 Å². The fourth-order valence-corrected chi connectivity index (χ4v) is 1.30. The van der Waals surface area contributed by atoms with Crippen LogP contribution < -0.4 is 5.32 Å². The Bertz CT molecular complexity index is 383. The van der Waals surface area contributed by atoms with Crippen molar-refractivity contribution >= 4 is 5.91 Å². The summed E-state index contributed by atoms with van der Waals surface area (Å²) in [5, 5.41) is 12.1. The fourth-order valence-electron chi connectivity index (χ4n) is 1.30. The topological polar surface area (TPSA) is 49.3 Å². The van der Waals surface area contributed by atoms with Crippen LogP contribution in [0.5, 0.6) is 0 Å². The van der Waals surface area contributed by atoms with Gasteiger partial charge >= 0.3 is 0 Å². The number of nitrogens with one attached hydrogen (secondary N) is 1. The van der Waals surface area contributed by atoms with E-state index in [0.29, 0.717) is 5.57 Å². The van der Waals surface area contributed by atoms with Crippen molar-refractivity contribution in [3.8, 4) is 0 Å². The first-order valence-corrected chi connectivity index (χ1v) is 5.60. The molecule has 0 aromatic rings. The Morgan fingerprint density at radius 1 is 1.35 bits per heavy atom. The van der Waals surface area contributed by atoms with Crippen molar-refractivity contribution in [2.45, 2.75) is 34.1 Å². The van der Waals surface area contributed by atoms with E-state index in [1.807, 2.05) is 25.2 Å². The quantitative estimate of drug-likeness (QED) is 0.436. The number of allylic oxidation sites excluding steroid dienone is 5. The van der Waals surface area contributed by atoms with Crippen LogP contribution in [0.4, 0.5) is 0 Å². The zero-order chi connectivity index (χ0) is 13.4. The average Bonchev–Trinajstić information content (AvgIpc) is 2.16. The summed E-state index contributed by atoms with van der Waals surface area (Å²) in [7, 11) is 0. The lowest BCUT2D eigenvalue weighted by Crippen LogP contribution is -2.24. The van der Waals surface area contributed by atoms with Crippen LogP contribution in [-0.4, -0.2) is 11.0 Å². The number of hydrogen-bond acceptors (Lipinski definition) is 2. The molecule has 94 valence electrons. The number of carbonyl (C=O) groups excluding carboxylic acids is 1. The van der Waals surface area contributed by atoms with Crippen LogP contribution in [0.2, 0.25) is 0 Å². The zero-order valence-electron chi connectivity index (χ0n) is 11.0. The largest absolute Gasteiger partial charge is 0.512 e. The average molecular weight is 235 g/mol. The highest BCUT2D eigenvalue weighted by molar-refractivity contribution is 5.98. The van der Waals surface area contributed by atoms with Gasteiger partial charge < -0.3 is 10.4 Å². The lowest BCUT2D eigenvalue weighted by Gasteiger charge is -2.09. The maximum absolute atomic E-state index is 11.8. The highest BCUT2D eigenvalue weighted by atomic mass is 16.3. The van der Waals surface area contributed by atoms with E-state index in [1.165, 1.54) is 6.92 Å². The van der Waals surface area contributed by atoms with Gasteiger partial charge in [0, 0.05) is 5.70 Å². The van der Waals surface area contributed by atoms with Gasteiger partial charge in [0.25, 0.3) is 5.91 Å². The van der Waals surface area contributed by atoms with Crippen LogP contribution >= 0.6 is 0 Å². The van der Waals surface area contributed by atoms with Gasteiger partial charge in [0.15, 0.2) is 0 Å². The molecule has 0 rings (SSSR count). The van der Waals surface area contributed by atoms with E-state index in [0.717, 1.165) is 12.1 Å². The molecule has 0 aliphatic carbocycles. The molecule has 1 amide bonds. The van der Waals surface area contributed by atoms with Gasteiger partial charge in [0.1, 0.15) is 5.76 Å². The van der Waals surface area contributed by atoms with Gasteiger partial charge in [0.2, 0.25) is 0 Å². The number of hydrogen-bond donors (Lipinski definition) is 2. The summed E-state index contributed by atoms with van der Waals surface area (Å²) < 4.78 is 0. The lowest BCUT2D eigenvalue weighted by molar-refractivity contribution is -0.116. The summed E-state index contributed by atoms with van der Waals surface area (Å²) in [4.78, 5) is 11.8. The number of carbonyl (C=O) groups is 1. The van der Waals surface area contributed by atoms with E-state index in [9.17, 15) is 9.90 Å². The first-order valence-electron chi connectivity index (χ1n) is 5.60. The summed E-state index contributed by atoms with van der Waals surface area (Å²) >= 11 is 0. The molecule has 0 aliphatic rings. The van der Waals surface area contributed by atoms with Crippen LogP contribution in [-0.2, 0) is 4.79 Å². The van der Waals surface area contributed by atoms with Crippen LogP contribution in [0.1, 0.15) is 34.1 Å². The second-order valence-corrected chi connectivity index (χ2v) is 3.88. The molecule has 17 heavy (non-hydrogen) atoms. The Labute approximate surface area is 103 Å². The van der Waals surface area contributed by atoms with Crippen molar-refractivity contribution in [1.82, 2.24) is 5.32 Å². The van der Waals surface area contributed by atoms with Gasteiger partial charge in [-0.15, -0.1) is 0 Å². The summed E-state index contributed by atoms with van der Waals surface area (Å²) in [5.74, 6) is -0.358. The molecule has 0 saturated heterocycles.